The molecule has 1 unspecified atom stereocenters. The van der Waals surface area contributed by atoms with Gasteiger partial charge in [0.15, 0.2) is 17.3 Å². The topological polar surface area (TPSA) is 96.8 Å². The van der Waals surface area contributed by atoms with E-state index in [1.54, 1.807) is 33.7 Å². The maximum Gasteiger partial charge on any atom is 0.168 e. The molecule has 28 heavy (non-hydrogen) atoms. The molecule has 0 fully saturated rings. The highest BCUT2D eigenvalue weighted by molar-refractivity contribution is 6.22. The Hall–Kier alpha value is -3.09. The number of aliphatic hydroxyl groups is 1. The number of Topliss-reactive ketones (excluding diaryl/α,β-unsaturated/α-hetero) is 1. The van der Waals surface area contributed by atoms with Crippen LogP contribution in [0.3, 0.4) is 0 Å². The summed E-state index contributed by atoms with van der Waals surface area (Å²) in [7, 11) is 3.16. The quantitative estimate of drug-likeness (QED) is 0.715. The lowest BCUT2D eigenvalue weighted by molar-refractivity contribution is -0.116. The fourth-order valence-corrected chi connectivity index (χ4v) is 3.49. The average Bonchev–Trinajstić information content (AvgIpc) is 3.20. The molecule has 0 aliphatic heterocycles. The molecule has 0 bridgehead atoms. The highest BCUT2D eigenvalue weighted by atomic mass is 16.5. The number of nitrogens with one attached hydrogen (secondary N) is 1. The zero-order valence-corrected chi connectivity index (χ0v) is 16.4. The second kappa shape index (κ2) is 8.73. The van der Waals surface area contributed by atoms with Crippen LogP contribution in [0.1, 0.15) is 36.9 Å². The van der Waals surface area contributed by atoms with Crippen LogP contribution in [-0.2, 0) is 11.2 Å². The van der Waals surface area contributed by atoms with Crippen molar-refractivity contribution in [2.75, 3.05) is 20.8 Å². The van der Waals surface area contributed by atoms with Crippen LogP contribution in [0.5, 0.6) is 11.5 Å². The molecule has 0 spiro atoms. The summed E-state index contributed by atoms with van der Waals surface area (Å²) < 4.78 is 10.6. The van der Waals surface area contributed by atoms with Gasteiger partial charge in [-0.3, -0.25) is 9.79 Å². The maximum atomic E-state index is 12.7. The van der Waals surface area contributed by atoms with Crippen molar-refractivity contribution in [2.45, 2.75) is 32.1 Å². The van der Waals surface area contributed by atoms with E-state index in [4.69, 9.17) is 9.47 Å². The molecule has 1 heterocycles. The summed E-state index contributed by atoms with van der Waals surface area (Å²) >= 11 is 0. The lowest BCUT2D eigenvalue weighted by atomic mass is 9.81. The van der Waals surface area contributed by atoms with E-state index in [0.29, 0.717) is 48.6 Å². The second-order valence-electron chi connectivity index (χ2n) is 6.76. The van der Waals surface area contributed by atoms with Gasteiger partial charge in [0.25, 0.3) is 0 Å². The van der Waals surface area contributed by atoms with Gasteiger partial charge < -0.3 is 19.6 Å². The van der Waals surface area contributed by atoms with E-state index in [9.17, 15) is 9.90 Å². The van der Waals surface area contributed by atoms with Crippen LogP contribution < -0.4 is 9.47 Å². The van der Waals surface area contributed by atoms with Crippen LogP contribution in [0.4, 0.5) is 0 Å². The molecule has 7 nitrogen and oxygen atoms in total. The SMILES string of the molecule is COc1ccc(C2CC(=O)C(C(C)=NCCc3cnc[nH]3)=C(O)C2)cc1OC. The normalized spacial score (nSPS) is 17.8. The molecule has 1 aromatic carbocycles. The Morgan fingerprint density at radius 1 is 1.29 bits per heavy atom. The number of nitrogens with zero attached hydrogens (tertiary/aromatic N) is 2. The number of methoxy groups -OCH3 is 2. The number of aliphatic imine (C=N–C) groups is 1. The lowest BCUT2D eigenvalue weighted by Gasteiger charge is -2.24. The number of H-pyrrole nitrogens is 1. The monoisotopic (exact) mass is 383 g/mol. The van der Waals surface area contributed by atoms with Crippen molar-refractivity contribution < 1.29 is 19.4 Å². The Balaban J connectivity index is 1.75. The van der Waals surface area contributed by atoms with E-state index in [-0.39, 0.29) is 17.5 Å². The largest absolute Gasteiger partial charge is 0.511 e. The van der Waals surface area contributed by atoms with Gasteiger partial charge in [0.1, 0.15) is 5.76 Å². The molecule has 0 saturated heterocycles. The predicted molar refractivity (Wildman–Crippen MR) is 106 cm³/mol. The van der Waals surface area contributed by atoms with Gasteiger partial charge in [-0.25, -0.2) is 4.98 Å². The van der Waals surface area contributed by atoms with Crippen LogP contribution in [0, 0.1) is 0 Å². The van der Waals surface area contributed by atoms with Crippen molar-refractivity contribution in [1.82, 2.24) is 9.97 Å². The minimum atomic E-state index is -0.103. The van der Waals surface area contributed by atoms with Crippen LogP contribution in [0.25, 0.3) is 0 Å². The number of ether oxygens (including phenoxy) is 2. The zero-order chi connectivity index (χ0) is 20.1. The molecule has 2 aromatic rings. The van der Waals surface area contributed by atoms with Crippen molar-refractivity contribution in [3.05, 3.63) is 53.3 Å². The predicted octanol–water partition coefficient (Wildman–Crippen LogP) is 3.39. The maximum absolute atomic E-state index is 12.7. The summed E-state index contributed by atoms with van der Waals surface area (Å²) in [6.45, 7) is 2.30. The Labute approximate surface area is 164 Å². The zero-order valence-electron chi connectivity index (χ0n) is 16.4. The number of aromatic nitrogens is 2. The van der Waals surface area contributed by atoms with E-state index < -0.39 is 0 Å². The Morgan fingerprint density at radius 2 is 2.07 bits per heavy atom. The first-order valence-corrected chi connectivity index (χ1v) is 9.19. The van der Waals surface area contributed by atoms with Crippen LogP contribution in [0.2, 0.25) is 0 Å². The Bertz CT molecular complexity index is 900. The summed E-state index contributed by atoms with van der Waals surface area (Å²) in [5.41, 5.74) is 2.85. The van der Waals surface area contributed by atoms with Crippen molar-refractivity contribution in [2.24, 2.45) is 4.99 Å². The molecule has 0 amide bonds. The number of benzene rings is 1. The molecular weight excluding hydrogens is 358 g/mol. The minimum absolute atomic E-state index is 0.0914. The third-order valence-electron chi connectivity index (χ3n) is 4.96. The summed E-state index contributed by atoms with van der Waals surface area (Å²) in [6, 6.07) is 5.58. The van der Waals surface area contributed by atoms with E-state index in [0.717, 1.165) is 11.3 Å². The molecule has 2 N–H and O–H groups in total. The number of imidazole rings is 1. The number of rotatable bonds is 7. The first-order valence-electron chi connectivity index (χ1n) is 9.19. The van der Waals surface area contributed by atoms with Crippen molar-refractivity contribution in [3.8, 4) is 11.5 Å². The van der Waals surface area contributed by atoms with Gasteiger partial charge in [0.2, 0.25) is 0 Å². The van der Waals surface area contributed by atoms with Gasteiger partial charge in [0, 0.05) is 43.4 Å². The lowest BCUT2D eigenvalue weighted by Crippen LogP contribution is -2.23. The molecule has 3 rings (SSSR count). The summed E-state index contributed by atoms with van der Waals surface area (Å²) in [5, 5.41) is 10.6. The van der Waals surface area contributed by atoms with Gasteiger partial charge in [-0.05, 0) is 30.5 Å². The standard InChI is InChI=1S/C21H25N3O4/c1-13(23-7-6-16-11-22-12-24-16)21-17(25)8-15(9-18(21)26)14-4-5-19(27-2)20(10-14)28-3/h4-5,10-12,15,25H,6-9H2,1-3H3,(H,22,24). The number of aliphatic hydroxyl groups excluding tert-OH is 1. The summed E-state index contributed by atoms with van der Waals surface area (Å²) in [6.07, 6.45) is 4.79. The van der Waals surface area contributed by atoms with Gasteiger partial charge in [0.05, 0.1) is 26.1 Å². The molecule has 148 valence electrons. The molecule has 7 heteroatoms. The smallest absolute Gasteiger partial charge is 0.168 e. The van der Waals surface area contributed by atoms with E-state index in [1.807, 2.05) is 18.2 Å². The molecule has 0 radical (unpaired) electrons. The fraction of sp³-hybridized carbons (Fsp3) is 0.381. The molecular formula is C21H25N3O4. The van der Waals surface area contributed by atoms with E-state index >= 15 is 0 Å². The molecule has 0 saturated carbocycles. The number of hydrogen-bond donors (Lipinski definition) is 2. The second-order valence-corrected chi connectivity index (χ2v) is 6.76. The fourth-order valence-electron chi connectivity index (χ4n) is 3.49. The first kappa shape index (κ1) is 19.7. The number of hydrogen-bond acceptors (Lipinski definition) is 6. The molecule has 1 aromatic heterocycles. The van der Waals surface area contributed by atoms with Crippen molar-refractivity contribution in [1.29, 1.82) is 0 Å². The van der Waals surface area contributed by atoms with Crippen LogP contribution >= 0.6 is 0 Å². The number of allylic oxidation sites excluding steroid dienone is 2. The summed E-state index contributed by atoms with van der Waals surface area (Å²) in [5.74, 6) is 1.14. The minimum Gasteiger partial charge on any atom is -0.511 e. The van der Waals surface area contributed by atoms with E-state index in [1.165, 1.54) is 0 Å². The van der Waals surface area contributed by atoms with Crippen molar-refractivity contribution >= 4 is 11.5 Å². The molecule has 1 aliphatic carbocycles. The number of aromatic amines is 1. The van der Waals surface area contributed by atoms with Crippen LogP contribution in [0.15, 0.2) is 47.0 Å². The number of carbonyl (C=O) groups excluding carboxylic acids is 1. The Kier molecular flexibility index (Phi) is 6.13. The summed E-state index contributed by atoms with van der Waals surface area (Å²) in [4.78, 5) is 24.2. The van der Waals surface area contributed by atoms with Crippen molar-refractivity contribution in [3.63, 3.8) is 0 Å². The molecule has 1 aliphatic rings. The van der Waals surface area contributed by atoms with Gasteiger partial charge in [-0.15, -0.1) is 0 Å². The highest BCUT2D eigenvalue weighted by Crippen LogP contribution is 2.37. The third kappa shape index (κ3) is 4.24. The highest BCUT2D eigenvalue weighted by Gasteiger charge is 2.30. The average molecular weight is 383 g/mol. The Morgan fingerprint density at radius 3 is 2.71 bits per heavy atom. The number of ketones is 1. The number of carbonyl (C=O) groups is 1. The first-order chi connectivity index (χ1) is 13.5. The van der Waals surface area contributed by atoms with Gasteiger partial charge in [-0.2, -0.15) is 0 Å². The van der Waals surface area contributed by atoms with Gasteiger partial charge >= 0.3 is 0 Å². The molecule has 1 atom stereocenters. The van der Waals surface area contributed by atoms with E-state index in [2.05, 4.69) is 15.0 Å². The van der Waals surface area contributed by atoms with Crippen LogP contribution in [-0.4, -0.2) is 47.3 Å². The third-order valence-corrected chi connectivity index (χ3v) is 4.96. The van der Waals surface area contributed by atoms with Gasteiger partial charge in [-0.1, -0.05) is 6.07 Å².